The third-order valence-electron chi connectivity index (χ3n) is 5.50. The van der Waals surface area contributed by atoms with Crippen LogP contribution in [0.15, 0.2) is 4.99 Å². The standard InChI is InChI=1S/C20H38N6O3/c1-16-11-17(2)14-26(13-16)19(28)15-24-6-8-25(9-7-24)20(21-3)23-12-18(27)22-5-10-29-4/h16-17H,5-15H2,1-4H3,(H,21,23)(H,22,27). The molecule has 9 nitrogen and oxygen atoms in total. The van der Waals surface area contributed by atoms with Gasteiger partial charge in [-0.15, -0.1) is 0 Å². The molecule has 166 valence electrons. The Morgan fingerprint density at radius 3 is 2.28 bits per heavy atom. The third-order valence-corrected chi connectivity index (χ3v) is 5.50. The average Bonchev–Trinajstić information content (AvgIpc) is 2.69. The predicted octanol–water partition coefficient (Wildman–Crippen LogP) is -0.553. The molecule has 2 saturated heterocycles. The molecule has 2 unspecified atom stereocenters. The first kappa shape index (κ1) is 23.4. The first-order valence-corrected chi connectivity index (χ1v) is 10.6. The molecule has 2 heterocycles. The van der Waals surface area contributed by atoms with Crippen LogP contribution in [0.4, 0.5) is 0 Å². The summed E-state index contributed by atoms with van der Waals surface area (Å²) in [6.45, 7) is 11.1. The molecule has 9 heteroatoms. The second-order valence-corrected chi connectivity index (χ2v) is 8.25. The highest BCUT2D eigenvalue weighted by atomic mass is 16.5. The van der Waals surface area contributed by atoms with Crippen molar-refractivity contribution in [2.45, 2.75) is 20.3 Å². The lowest BCUT2D eigenvalue weighted by Gasteiger charge is -2.39. The number of nitrogens with one attached hydrogen (secondary N) is 2. The number of piperazine rings is 1. The molecular formula is C20H38N6O3. The Balaban J connectivity index is 1.71. The van der Waals surface area contributed by atoms with Crippen LogP contribution in [0.2, 0.25) is 0 Å². The predicted molar refractivity (Wildman–Crippen MR) is 114 cm³/mol. The summed E-state index contributed by atoms with van der Waals surface area (Å²) in [5.41, 5.74) is 0. The lowest BCUT2D eigenvalue weighted by Crippen LogP contribution is -2.55. The van der Waals surface area contributed by atoms with E-state index in [0.29, 0.717) is 31.5 Å². The largest absolute Gasteiger partial charge is 0.383 e. The molecule has 2 aliphatic heterocycles. The fraction of sp³-hybridized carbons (Fsp3) is 0.850. The van der Waals surface area contributed by atoms with Crippen molar-refractivity contribution < 1.29 is 14.3 Å². The molecule has 2 N–H and O–H groups in total. The Kier molecular flexibility index (Phi) is 9.66. The van der Waals surface area contributed by atoms with Crippen LogP contribution >= 0.6 is 0 Å². The quantitative estimate of drug-likeness (QED) is 0.333. The highest BCUT2D eigenvalue weighted by Gasteiger charge is 2.28. The lowest BCUT2D eigenvalue weighted by atomic mass is 9.92. The van der Waals surface area contributed by atoms with Crippen molar-refractivity contribution in [1.82, 2.24) is 25.3 Å². The van der Waals surface area contributed by atoms with Crippen LogP contribution in [-0.2, 0) is 14.3 Å². The number of guanidine groups is 1. The summed E-state index contributed by atoms with van der Waals surface area (Å²) in [6.07, 6.45) is 1.21. The molecule has 2 rings (SSSR count). The minimum Gasteiger partial charge on any atom is -0.383 e. The van der Waals surface area contributed by atoms with Crippen molar-refractivity contribution in [1.29, 1.82) is 0 Å². The zero-order chi connectivity index (χ0) is 21.2. The summed E-state index contributed by atoms with van der Waals surface area (Å²) in [5.74, 6) is 2.04. The number of methoxy groups -OCH3 is 1. The number of aliphatic imine (C=N–C) groups is 1. The summed E-state index contributed by atoms with van der Waals surface area (Å²) >= 11 is 0. The molecule has 0 spiro atoms. The van der Waals surface area contributed by atoms with Gasteiger partial charge in [-0.3, -0.25) is 19.5 Å². The highest BCUT2D eigenvalue weighted by molar-refractivity contribution is 5.86. The van der Waals surface area contributed by atoms with Gasteiger partial charge in [0.2, 0.25) is 11.8 Å². The Labute approximate surface area is 174 Å². The van der Waals surface area contributed by atoms with Gasteiger partial charge in [0.25, 0.3) is 0 Å². The van der Waals surface area contributed by atoms with Crippen molar-refractivity contribution in [2.75, 3.05) is 79.7 Å². The molecule has 0 aromatic rings. The molecule has 0 aromatic carbocycles. The fourth-order valence-corrected chi connectivity index (χ4v) is 4.12. The monoisotopic (exact) mass is 410 g/mol. The van der Waals surface area contributed by atoms with E-state index in [9.17, 15) is 9.59 Å². The topological polar surface area (TPSA) is 89.5 Å². The molecule has 0 aliphatic carbocycles. The number of hydrogen-bond acceptors (Lipinski definition) is 5. The van der Waals surface area contributed by atoms with Crippen LogP contribution in [0.25, 0.3) is 0 Å². The highest BCUT2D eigenvalue weighted by Crippen LogP contribution is 2.21. The van der Waals surface area contributed by atoms with Crippen LogP contribution in [0.5, 0.6) is 0 Å². The van der Waals surface area contributed by atoms with Gasteiger partial charge in [0.15, 0.2) is 5.96 Å². The second-order valence-electron chi connectivity index (χ2n) is 8.25. The van der Waals surface area contributed by atoms with Crippen LogP contribution in [-0.4, -0.2) is 112 Å². The lowest BCUT2D eigenvalue weighted by molar-refractivity contribution is -0.135. The second kappa shape index (κ2) is 12.0. The van der Waals surface area contributed by atoms with Crippen molar-refractivity contribution >= 4 is 17.8 Å². The summed E-state index contributed by atoms with van der Waals surface area (Å²) in [7, 11) is 3.33. The van der Waals surface area contributed by atoms with E-state index in [1.807, 2.05) is 4.90 Å². The Morgan fingerprint density at radius 2 is 1.69 bits per heavy atom. The number of piperidine rings is 1. The van der Waals surface area contributed by atoms with E-state index in [4.69, 9.17) is 4.74 Å². The number of likely N-dealkylation sites (tertiary alicyclic amines) is 1. The van der Waals surface area contributed by atoms with Gasteiger partial charge in [0, 0.05) is 60.0 Å². The van der Waals surface area contributed by atoms with E-state index in [1.165, 1.54) is 6.42 Å². The zero-order valence-corrected chi connectivity index (χ0v) is 18.4. The molecule has 2 amide bonds. The first-order chi connectivity index (χ1) is 13.9. The summed E-state index contributed by atoms with van der Waals surface area (Å²) in [5, 5.41) is 5.89. The molecule has 0 bridgehead atoms. The van der Waals surface area contributed by atoms with E-state index >= 15 is 0 Å². The number of nitrogens with zero attached hydrogens (tertiary/aromatic N) is 4. The SMILES string of the molecule is CN=C(NCC(=O)NCCOC)N1CCN(CC(=O)N2CC(C)CC(C)C2)CC1. The minimum atomic E-state index is -0.0857. The average molecular weight is 411 g/mol. The number of carbonyl (C=O) groups excluding carboxylic acids is 2. The molecule has 2 aliphatic rings. The van der Waals surface area contributed by atoms with Crippen LogP contribution < -0.4 is 10.6 Å². The van der Waals surface area contributed by atoms with Gasteiger partial charge in [-0.2, -0.15) is 0 Å². The van der Waals surface area contributed by atoms with Crippen LogP contribution in [0, 0.1) is 11.8 Å². The van der Waals surface area contributed by atoms with Crippen molar-refractivity contribution in [3.8, 4) is 0 Å². The summed E-state index contributed by atoms with van der Waals surface area (Å²) in [6, 6.07) is 0. The van der Waals surface area contributed by atoms with Crippen molar-refractivity contribution in [2.24, 2.45) is 16.8 Å². The van der Waals surface area contributed by atoms with E-state index in [-0.39, 0.29) is 18.4 Å². The summed E-state index contributed by atoms with van der Waals surface area (Å²) < 4.78 is 4.92. The maximum Gasteiger partial charge on any atom is 0.239 e. The number of carbonyl (C=O) groups is 2. The fourth-order valence-electron chi connectivity index (χ4n) is 4.12. The van der Waals surface area contributed by atoms with Gasteiger partial charge < -0.3 is 25.2 Å². The van der Waals surface area contributed by atoms with Crippen molar-refractivity contribution in [3.05, 3.63) is 0 Å². The van der Waals surface area contributed by atoms with E-state index < -0.39 is 0 Å². The number of rotatable bonds is 7. The van der Waals surface area contributed by atoms with E-state index in [0.717, 1.165) is 45.2 Å². The molecule has 0 saturated carbocycles. The van der Waals surface area contributed by atoms with Gasteiger partial charge in [-0.1, -0.05) is 13.8 Å². The molecule has 2 fully saturated rings. The molecule has 0 aromatic heterocycles. The van der Waals surface area contributed by atoms with Gasteiger partial charge in [0.1, 0.15) is 0 Å². The Morgan fingerprint density at radius 1 is 1.03 bits per heavy atom. The van der Waals surface area contributed by atoms with Gasteiger partial charge in [-0.05, 0) is 18.3 Å². The molecular weight excluding hydrogens is 372 g/mol. The van der Waals surface area contributed by atoms with Crippen LogP contribution in [0.1, 0.15) is 20.3 Å². The maximum absolute atomic E-state index is 12.7. The third kappa shape index (κ3) is 7.81. The zero-order valence-electron chi connectivity index (χ0n) is 18.4. The number of ether oxygens (including phenoxy) is 1. The number of amides is 2. The molecule has 29 heavy (non-hydrogen) atoms. The Hall–Kier alpha value is -1.87. The van der Waals surface area contributed by atoms with Gasteiger partial charge in [-0.25, -0.2) is 0 Å². The smallest absolute Gasteiger partial charge is 0.239 e. The van der Waals surface area contributed by atoms with E-state index in [1.54, 1.807) is 14.2 Å². The normalized spacial score (nSPS) is 23.8. The Bertz CT molecular complexity index is 552. The van der Waals surface area contributed by atoms with Gasteiger partial charge in [0.05, 0.1) is 19.7 Å². The number of hydrogen-bond donors (Lipinski definition) is 2. The van der Waals surface area contributed by atoms with E-state index in [2.05, 4.69) is 39.3 Å². The maximum atomic E-state index is 12.7. The van der Waals surface area contributed by atoms with Crippen LogP contribution in [0.3, 0.4) is 0 Å². The minimum absolute atomic E-state index is 0.0857. The van der Waals surface area contributed by atoms with Gasteiger partial charge >= 0.3 is 0 Å². The molecule has 0 radical (unpaired) electrons. The molecule has 2 atom stereocenters. The first-order valence-electron chi connectivity index (χ1n) is 10.6. The van der Waals surface area contributed by atoms with Crippen molar-refractivity contribution in [3.63, 3.8) is 0 Å². The summed E-state index contributed by atoms with van der Waals surface area (Å²) in [4.78, 5) is 35.2.